The number of nitrogens with zero attached hydrogens (tertiary/aromatic N) is 2. The molecule has 1 aromatic carbocycles. The molecule has 2 aromatic rings. The van der Waals surface area contributed by atoms with Crippen molar-refractivity contribution in [3.8, 4) is 17.3 Å². The number of thioether (sulfide) groups is 2. The van der Waals surface area contributed by atoms with E-state index in [4.69, 9.17) is 5.26 Å². The summed E-state index contributed by atoms with van der Waals surface area (Å²) in [4.78, 5) is 4.38. The molecule has 0 unspecified atom stereocenters. The topological polar surface area (TPSA) is 36.7 Å². The van der Waals surface area contributed by atoms with Crippen LogP contribution in [0, 0.1) is 11.3 Å². The number of alkyl halides is 5. The van der Waals surface area contributed by atoms with Crippen LogP contribution >= 0.6 is 23.5 Å². The highest BCUT2D eigenvalue weighted by Crippen LogP contribution is 2.37. The summed E-state index contributed by atoms with van der Waals surface area (Å²) in [6, 6.07) is 7.95. The van der Waals surface area contributed by atoms with Crippen molar-refractivity contribution < 1.29 is 22.0 Å². The zero-order valence-electron chi connectivity index (χ0n) is 12.1. The van der Waals surface area contributed by atoms with Gasteiger partial charge in [-0.2, -0.15) is 27.2 Å². The Morgan fingerprint density at radius 2 is 1.79 bits per heavy atom. The third kappa shape index (κ3) is 4.19. The summed E-state index contributed by atoms with van der Waals surface area (Å²) in [5.74, 6) is -2.58. The summed E-state index contributed by atoms with van der Waals surface area (Å²) in [6.07, 6.45) is -3.17. The van der Waals surface area contributed by atoms with Crippen LogP contribution in [-0.4, -0.2) is 17.0 Å². The van der Waals surface area contributed by atoms with Gasteiger partial charge in [0.15, 0.2) is 0 Å². The molecule has 0 atom stereocenters. The van der Waals surface area contributed by atoms with E-state index in [0.717, 1.165) is 17.8 Å². The summed E-state index contributed by atoms with van der Waals surface area (Å²) in [7, 11) is 0. The third-order valence-electron chi connectivity index (χ3n) is 2.97. The largest absolute Gasteiger partial charge is 0.417 e. The van der Waals surface area contributed by atoms with Gasteiger partial charge in [-0.3, -0.25) is 0 Å². The Hall–Kier alpha value is -1.79. The predicted molar refractivity (Wildman–Crippen MR) is 83.0 cm³/mol. The molecule has 2 rings (SSSR count). The second-order valence-electron chi connectivity index (χ2n) is 4.45. The van der Waals surface area contributed by atoms with Gasteiger partial charge < -0.3 is 0 Å². The van der Waals surface area contributed by atoms with Gasteiger partial charge in [0, 0.05) is 10.5 Å². The Labute approximate surface area is 143 Å². The lowest BCUT2D eigenvalue weighted by Crippen LogP contribution is -2.10. The first-order valence-electron chi connectivity index (χ1n) is 6.38. The van der Waals surface area contributed by atoms with E-state index in [-0.39, 0.29) is 10.7 Å². The van der Waals surface area contributed by atoms with Gasteiger partial charge >= 0.3 is 6.18 Å². The Morgan fingerprint density at radius 1 is 1.17 bits per heavy atom. The molecule has 0 aliphatic rings. The number of hydrogen-bond donors (Lipinski definition) is 0. The van der Waals surface area contributed by atoms with Crippen LogP contribution in [0.15, 0.2) is 40.3 Å². The lowest BCUT2D eigenvalue weighted by molar-refractivity contribution is -0.138. The molecule has 0 spiro atoms. The van der Waals surface area contributed by atoms with Crippen LogP contribution in [0.25, 0.3) is 11.3 Å². The first kappa shape index (κ1) is 18.5. The zero-order valence-corrected chi connectivity index (χ0v) is 13.7. The zero-order chi connectivity index (χ0) is 17.9. The number of rotatable bonds is 4. The number of benzene rings is 1. The van der Waals surface area contributed by atoms with Crippen LogP contribution in [0.2, 0.25) is 0 Å². The van der Waals surface area contributed by atoms with E-state index in [9.17, 15) is 22.0 Å². The van der Waals surface area contributed by atoms with Crippen molar-refractivity contribution >= 4 is 23.5 Å². The van der Waals surface area contributed by atoms with Crippen molar-refractivity contribution in [1.29, 1.82) is 5.26 Å². The third-order valence-corrected chi connectivity index (χ3v) is 4.38. The molecule has 9 heteroatoms. The standard InChI is InChI=1S/C15H9F5N2S2/c1-23-13-10(7-21)11(15(18,19)20)6-12(22-13)8-2-4-9(5-3-8)24-14(16)17/h2-6,14H,1H3. The van der Waals surface area contributed by atoms with Gasteiger partial charge in [0.25, 0.3) is 5.76 Å². The van der Waals surface area contributed by atoms with Gasteiger partial charge in [-0.1, -0.05) is 23.9 Å². The van der Waals surface area contributed by atoms with E-state index < -0.39 is 23.1 Å². The van der Waals surface area contributed by atoms with E-state index >= 15 is 0 Å². The Kier molecular flexibility index (Phi) is 5.72. The monoisotopic (exact) mass is 376 g/mol. The minimum Gasteiger partial charge on any atom is -0.240 e. The van der Waals surface area contributed by atoms with E-state index in [1.807, 2.05) is 0 Å². The highest BCUT2D eigenvalue weighted by atomic mass is 32.2. The predicted octanol–water partition coefficient (Wildman–Crippen LogP) is 5.68. The molecule has 1 heterocycles. The molecule has 0 aliphatic carbocycles. The van der Waals surface area contributed by atoms with Gasteiger partial charge in [-0.05, 0) is 24.5 Å². The molecule has 24 heavy (non-hydrogen) atoms. The van der Waals surface area contributed by atoms with Crippen LogP contribution in [0.4, 0.5) is 22.0 Å². The second-order valence-corrected chi connectivity index (χ2v) is 6.31. The van der Waals surface area contributed by atoms with Crippen molar-refractivity contribution in [2.24, 2.45) is 0 Å². The fourth-order valence-electron chi connectivity index (χ4n) is 1.96. The van der Waals surface area contributed by atoms with Gasteiger partial charge in [-0.15, -0.1) is 11.8 Å². The fraction of sp³-hybridized carbons (Fsp3) is 0.200. The summed E-state index contributed by atoms with van der Waals surface area (Å²) in [5.41, 5.74) is -1.22. The molecule has 0 N–H and O–H groups in total. The van der Waals surface area contributed by atoms with Crippen molar-refractivity contribution in [2.75, 3.05) is 6.26 Å². The van der Waals surface area contributed by atoms with Crippen molar-refractivity contribution in [3.05, 3.63) is 41.5 Å². The lowest BCUT2D eigenvalue weighted by Gasteiger charge is -2.13. The minimum atomic E-state index is -4.70. The molecule has 0 fully saturated rings. The average Bonchev–Trinajstić information content (AvgIpc) is 2.52. The van der Waals surface area contributed by atoms with E-state index in [1.54, 1.807) is 6.07 Å². The van der Waals surface area contributed by atoms with Gasteiger partial charge in [0.2, 0.25) is 0 Å². The molecule has 0 amide bonds. The summed E-state index contributed by atoms with van der Waals surface area (Å²) < 4.78 is 64.1. The maximum absolute atomic E-state index is 13.2. The van der Waals surface area contributed by atoms with Crippen LogP contribution in [0.3, 0.4) is 0 Å². The van der Waals surface area contributed by atoms with E-state index in [2.05, 4.69) is 4.98 Å². The van der Waals surface area contributed by atoms with E-state index in [0.29, 0.717) is 22.2 Å². The van der Waals surface area contributed by atoms with Crippen LogP contribution in [0.1, 0.15) is 11.1 Å². The first-order valence-corrected chi connectivity index (χ1v) is 8.48. The van der Waals surface area contributed by atoms with Crippen molar-refractivity contribution in [2.45, 2.75) is 21.9 Å². The van der Waals surface area contributed by atoms with E-state index in [1.165, 1.54) is 30.5 Å². The fourth-order valence-corrected chi connectivity index (χ4v) is 3.00. The smallest absolute Gasteiger partial charge is 0.240 e. The molecular formula is C15H9F5N2S2. The Morgan fingerprint density at radius 3 is 2.25 bits per heavy atom. The van der Waals surface area contributed by atoms with Crippen LogP contribution < -0.4 is 0 Å². The average molecular weight is 376 g/mol. The minimum absolute atomic E-state index is 0.0271. The Bertz CT molecular complexity index is 767. The number of nitriles is 1. The molecule has 0 saturated carbocycles. The van der Waals surface area contributed by atoms with Gasteiger partial charge in [-0.25, -0.2) is 4.98 Å². The maximum Gasteiger partial charge on any atom is 0.417 e. The van der Waals surface area contributed by atoms with Gasteiger partial charge in [0.05, 0.1) is 16.8 Å². The Balaban J connectivity index is 2.53. The van der Waals surface area contributed by atoms with Gasteiger partial charge in [0.1, 0.15) is 11.1 Å². The molecule has 126 valence electrons. The summed E-state index contributed by atoms with van der Waals surface area (Å²) in [5, 5.41) is 8.96. The lowest BCUT2D eigenvalue weighted by atomic mass is 10.1. The molecule has 0 radical (unpaired) electrons. The molecule has 0 aliphatic heterocycles. The SMILES string of the molecule is CSc1nc(-c2ccc(SC(F)F)cc2)cc(C(F)(F)F)c1C#N. The molecular weight excluding hydrogens is 367 g/mol. The first-order chi connectivity index (χ1) is 11.3. The highest BCUT2D eigenvalue weighted by Gasteiger charge is 2.35. The number of hydrogen-bond acceptors (Lipinski definition) is 4. The van der Waals surface area contributed by atoms with Crippen LogP contribution in [-0.2, 0) is 6.18 Å². The normalized spacial score (nSPS) is 11.6. The molecule has 0 saturated heterocycles. The number of pyridine rings is 1. The molecule has 2 nitrogen and oxygen atoms in total. The maximum atomic E-state index is 13.2. The molecule has 1 aromatic heterocycles. The number of aromatic nitrogens is 1. The van der Waals surface area contributed by atoms with Crippen molar-refractivity contribution in [1.82, 2.24) is 4.98 Å². The summed E-state index contributed by atoms with van der Waals surface area (Å²) in [6.45, 7) is 0. The molecule has 0 bridgehead atoms. The second kappa shape index (κ2) is 7.40. The van der Waals surface area contributed by atoms with Crippen molar-refractivity contribution in [3.63, 3.8) is 0 Å². The summed E-state index contributed by atoms with van der Waals surface area (Å²) >= 11 is 1.28. The number of halogens is 5. The highest BCUT2D eigenvalue weighted by molar-refractivity contribution is 7.99. The van der Waals surface area contributed by atoms with Crippen LogP contribution in [0.5, 0.6) is 0 Å². The quantitative estimate of drug-likeness (QED) is 0.508.